The third kappa shape index (κ3) is 2.42. The number of aromatic nitrogens is 4. The molecule has 0 saturated heterocycles. The molecule has 2 aromatic heterocycles. The van der Waals surface area contributed by atoms with Crippen molar-refractivity contribution in [2.24, 2.45) is 5.92 Å². The van der Waals surface area contributed by atoms with Gasteiger partial charge < -0.3 is 0 Å². The molecule has 0 radical (unpaired) electrons. The smallest absolute Gasteiger partial charge is 0.195 e. The summed E-state index contributed by atoms with van der Waals surface area (Å²) in [6.45, 7) is 2.27. The van der Waals surface area contributed by atoms with Gasteiger partial charge in [-0.05, 0) is 43.1 Å². The van der Waals surface area contributed by atoms with Crippen LogP contribution in [-0.2, 0) is 0 Å². The van der Waals surface area contributed by atoms with Crippen molar-refractivity contribution in [2.75, 3.05) is 0 Å². The van der Waals surface area contributed by atoms with Crippen LogP contribution in [0.2, 0.25) is 0 Å². The van der Waals surface area contributed by atoms with Gasteiger partial charge in [-0.3, -0.25) is 14.6 Å². The Hall–Kier alpha value is -1.49. The summed E-state index contributed by atoms with van der Waals surface area (Å²) in [7, 11) is 0. The summed E-state index contributed by atoms with van der Waals surface area (Å²) in [5.74, 6) is 1.57. The molecule has 2 unspecified atom stereocenters. The van der Waals surface area contributed by atoms with Crippen LogP contribution in [-0.4, -0.2) is 19.7 Å². The Kier molecular flexibility index (Phi) is 3.96. The highest BCUT2D eigenvalue weighted by atomic mass is 32.1. The second-order valence-electron chi connectivity index (χ2n) is 5.46. The Bertz CT molecular complexity index is 616. The maximum atomic E-state index is 5.47. The molecule has 4 nitrogen and oxygen atoms in total. The highest BCUT2D eigenvalue weighted by molar-refractivity contribution is 7.71. The first-order valence-corrected chi connectivity index (χ1v) is 7.80. The molecule has 1 aliphatic carbocycles. The molecule has 2 heterocycles. The van der Waals surface area contributed by atoms with Crippen LogP contribution in [0.5, 0.6) is 0 Å². The van der Waals surface area contributed by atoms with E-state index in [1.165, 1.54) is 32.1 Å². The predicted molar refractivity (Wildman–Crippen MR) is 81.9 cm³/mol. The highest BCUT2D eigenvalue weighted by Gasteiger charge is 2.28. The standard InChI is InChI=1S/C15H20N4S/c1-2-11-7-3-4-9-13(11)19-14(17-18-15(19)20)12-8-5-6-10-16-12/h5-6,8,10-11,13H,2-4,7,9H2,1H3,(H,18,20). The molecule has 0 amide bonds. The summed E-state index contributed by atoms with van der Waals surface area (Å²) in [6, 6.07) is 6.36. The Morgan fingerprint density at radius 1 is 1.35 bits per heavy atom. The third-order valence-corrected chi connectivity index (χ3v) is 4.61. The normalized spacial score (nSPS) is 22.9. The first-order chi connectivity index (χ1) is 9.81. The predicted octanol–water partition coefficient (Wildman–Crippen LogP) is 4.14. The fourth-order valence-electron chi connectivity index (χ4n) is 3.29. The Morgan fingerprint density at radius 3 is 2.95 bits per heavy atom. The number of pyridine rings is 1. The minimum atomic E-state index is 0.456. The van der Waals surface area contributed by atoms with Crippen LogP contribution in [0.1, 0.15) is 45.1 Å². The number of nitrogens with zero attached hydrogens (tertiary/aromatic N) is 3. The van der Waals surface area contributed by atoms with Crippen molar-refractivity contribution in [2.45, 2.75) is 45.1 Å². The Morgan fingerprint density at radius 2 is 2.20 bits per heavy atom. The summed E-state index contributed by atoms with van der Waals surface area (Å²) < 4.78 is 2.92. The molecule has 1 saturated carbocycles. The van der Waals surface area contributed by atoms with Crippen molar-refractivity contribution in [3.63, 3.8) is 0 Å². The first-order valence-electron chi connectivity index (χ1n) is 7.39. The lowest BCUT2D eigenvalue weighted by atomic mass is 9.82. The van der Waals surface area contributed by atoms with Crippen LogP contribution >= 0.6 is 12.2 Å². The van der Waals surface area contributed by atoms with Gasteiger partial charge in [0.1, 0.15) is 5.69 Å². The quantitative estimate of drug-likeness (QED) is 0.863. The second-order valence-corrected chi connectivity index (χ2v) is 5.84. The molecule has 2 aromatic rings. The Balaban J connectivity index is 2.05. The topological polar surface area (TPSA) is 46.5 Å². The van der Waals surface area contributed by atoms with Crippen LogP contribution in [0.4, 0.5) is 0 Å². The molecule has 1 fully saturated rings. The number of hydrogen-bond donors (Lipinski definition) is 1. The van der Waals surface area contributed by atoms with E-state index in [0.717, 1.165) is 16.3 Å². The summed E-state index contributed by atoms with van der Waals surface area (Å²) >= 11 is 5.47. The fourth-order valence-corrected chi connectivity index (χ4v) is 3.56. The third-order valence-electron chi connectivity index (χ3n) is 4.32. The number of nitrogens with one attached hydrogen (secondary N) is 1. The van der Waals surface area contributed by atoms with E-state index < -0.39 is 0 Å². The van der Waals surface area contributed by atoms with E-state index in [1.807, 2.05) is 18.2 Å². The second kappa shape index (κ2) is 5.87. The lowest BCUT2D eigenvalue weighted by Gasteiger charge is -2.32. The van der Waals surface area contributed by atoms with Crippen molar-refractivity contribution in [1.82, 2.24) is 19.7 Å². The van der Waals surface area contributed by atoms with E-state index in [-0.39, 0.29) is 0 Å². The fraction of sp³-hybridized carbons (Fsp3) is 0.533. The minimum Gasteiger partial charge on any atom is -0.295 e. The van der Waals surface area contributed by atoms with Gasteiger partial charge >= 0.3 is 0 Å². The molecule has 2 atom stereocenters. The molecule has 0 bridgehead atoms. The molecule has 0 spiro atoms. The van der Waals surface area contributed by atoms with Gasteiger partial charge in [-0.2, -0.15) is 5.10 Å². The molecule has 5 heteroatoms. The van der Waals surface area contributed by atoms with Crippen molar-refractivity contribution in [3.8, 4) is 11.5 Å². The molecule has 3 rings (SSSR count). The monoisotopic (exact) mass is 288 g/mol. The first kappa shape index (κ1) is 13.5. The maximum Gasteiger partial charge on any atom is 0.195 e. The van der Waals surface area contributed by atoms with Gasteiger partial charge in [0, 0.05) is 12.2 Å². The van der Waals surface area contributed by atoms with Gasteiger partial charge in [-0.25, -0.2) is 0 Å². The van der Waals surface area contributed by atoms with Crippen LogP contribution in [0, 0.1) is 10.7 Å². The number of aromatic amines is 1. The van der Waals surface area contributed by atoms with Crippen LogP contribution in [0.3, 0.4) is 0 Å². The van der Waals surface area contributed by atoms with E-state index >= 15 is 0 Å². The average molecular weight is 288 g/mol. The van der Waals surface area contributed by atoms with Crippen molar-refractivity contribution < 1.29 is 0 Å². The zero-order valence-electron chi connectivity index (χ0n) is 11.7. The zero-order chi connectivity index (χ0) is 13.9. The Labute approximate surface area is 124 Å². The minimum absolute atomic E-state index is 0.456. The average Bonchev–Trinajstić information content (AvgIpc) is 2.89. The number of H-pyrrole nitrogens is 1. The van der Waals surface area contributed by atoms with E-state index in [9.17, 15) is 0 Å². The largest absolute Gasteiger partial charge is 0.295 e. The maximum absolute atomic E-state index is 5.47. The van der Waals surface area contributed by atoms with E-state index in [4.69, 9.17) is 12.2 Å². The van der Waals surface area contributed by atoms with Gasteiger partial charge in [0.15, 0.2) is 10.6 Å². The summed E-state index contributed by atoms with van der Waals surface area (Å²) in [6.07, 6.45) is 8.08. The molecule has 1 aliphatic rings. The summed E-state index contributed by atoms with van der Waals surface area (Å²) in [5.41, 5.74) is 0.889. The van der Waals surface area contributed by atoms with Crippen LogP contribution in [0.15, 0.2) is 24.4 Å². The van der Waals surface area contributed by atoms with Gasteiger partial charge in [-0.1, -0.05) is 32.3 Å². The summed E-state index contributed by atoms with van der Waals surface area (Å²) in [5, 5.41) is 7.37. The molecule has 106 valence electrons. The van der Waals surface area contributed by atoms with E-state index in [0.29, 0.717) is 12.0 Å². The van der Waals surface area contributed by atoms with Gasteiger partial charge in [-0.15, -0.1) is 0 Å². The van der Waals surface area contributed by atoms with Gasteiger partial charge in [0.25, 0.3) is 0 Å². The molecule has 1 N–H and O–H groups in total. The van der Waals surface area contributed by atoms with Crippen LogP contribution in [0.25, 0.3) is 11.5 Å². The van der Waals surface area contributed by atoms with Crippen molar-refractivity contribution in [1.29, 1.82) is 0 Å². The van der Waals surface area contributed by atoms with E-state index in [2.05, 4.69) is 26.7 Å². The lowest BCUT2D eigenvalue weighted by molar-refractivity contribution is 0.232. The van der Waals surface area contributed by atoms with Gasteiger partial charge in [0.2, 0.25) is 0 Å². The highest BCUT2D eigenvalue weighted by Crippen LogP contribution is 2.37. The van der Waals surface area contributed by atoms with Crippen molar-refractivity contribution >= 4 is 12.2 Å². The molecule has 0 aliphatic heterocycles. The molecule has 0 aromatic carbocycles. The number of rotatable bonds is 3. The molecular formula is C15H20N4S. The SMILES string of the molecule is CCC1CCCCC1n1c(-c2ccccn2)n[nH]c1=S. The van der Waals surface area contributed by atoms with Gasteiger partial charge in [0.05, 0.1) is 0 Å². The number of hydrogen-bond acceptors (Lipinski definition) is 3. The molecule has 20 heavy (non-hydrogen) atoms. The van der Waals surface area contributed by atoms with Crippen LogP contribution < -0.4 is 0 Å². The molecular weight excluding hydrogens is 268 g/mol. The lowest BCUT2D eigenvalue weighted by Crippen LogP contribution is -2.23. The zero-order valence-corrected chi connectivity index (χ0v) is 12.6. The summed E-state index contributed by atoms with van der Waals surface area (Å²) in [4.78, 5) is 4.42. The van der Waals surface area contributed by atoms with E-state index in [1.54, 1.807) is 6.20 Å². The van der Waals surface area contributed by atoms with Crippen molar-refractivity contribution in [3.05, 3.63) is 29.2 Å².